The van der Waals surface area contributed by atoms with Crippen molar-refractivity contribution in [3.63, 3.8) is 0 Å². The fraction of sp³-hybridized carbons (Fsp3) is 0.105. The van der Waals surface area contributed by atoms with Crippen molar-refractivity contribution >= 4 is 40.8 Å². The van der Waals surface area contributed by atoms with Crippen molar-refractivity contribution in [1.29, 1.82) is 0 Å². The number of anilines is 2. The Kier molecular flexibility index (Phi) is 4.77. The second-order valence-corrected chi connectivity index (χ2v) is 6.05. The molecule has 2 aromatic carbocycles. The Morgan fingerprint density at radius 1 is 1.08 bits per heavy atom. The van der Waals surface area contributed by atoms with E-state index in [0.717, 1.165) is 10.5 Å². The van der Waals surface area contributed by atoms with Crippen molar-refractivity contribution in [2.24, 2.45) is 0 Å². The second-order valence-electron chi connectivity index (χ2n) is 5.67. The normalized spacial score (nSPS) is 14.0. The number of methoxy groups -OCH3 is 1. The van der Waals surface area contributed by atoms with E-state index in [4.69, 9.17) is 11.6 Å². The maximum Gasteiger partial charge on any atom is 0.337 e. The van der Waals surface area contributed by atoms with Crippen LogP contribution in [-0.4, -0.2) is 24.9 Å². The third-order valence-electron chi connectivity index (χ3n) is 3.86. The molecule has 1 aliphatic rings. The molecular formula is C19H15ClN2O4. The third kappa shape index (κ3) is 3.19. The van der Waals surface area contributed by atoms with E-state index >= 15 is 0 Å². The summed E-state index contributed by atoms with van der Waals surface area (Å²) >= 11 is 6.09. The Bertz CT molecular complexity index is 935. The van der Waals surface area contributed by atoms with Crippen LogP contribution in [0.3, 0.4) is 0 Å². The van der Waals surface area contributed by atoms with Gasteiger partial charge in [0.1, 0.15) is 10.7 Å². The molecule has 26 heavy (non-hydrogen) atoms. The van der Waals surface area contributed by atoms with Crippen LogP contribution in [0, 0.1) is 6.92 Å². The highest BCUT2D eigenvalue weighted by molar-refractivity contribution is 6.53. The molecule has 0 fully saturated rings. The summed E-state index contributed by atoms with van der Waals surface area (Å²) < 4.78 is 4.64. The maximum absolute atomic E-state index is 12.7. The molecule has 6 nitrogen and oxygen atoms in total. The highest BCUT2D eigenvalue weighted by Crippen LogP contribution is 2.30. The van der Waals surface area contributed by atoms with Crippen molar-refractivity contribution in [1.82, 2.24) is 0 Å². The summed E-state index contributed by atoms with van der Waals surface area (Å²) in [5, 5.41) is 2.67. The molecule has 0 radical (unpaired) electrons. The van der Waals surface area contributed by atoms with Gasteiger partial charge in [-0.1, -0.05) is 23.7 Å². The number of esters is 1. The summed E-state index contributed by atoms with van der Waals surface area (Å²) in [6, 6.07) is 13.3. The van der Waals surface area contributed by atoms with E-state index in [1.165, 1.54) is 7.11 Å². The van der Waals surface area contributed by atoms with Crippen molar-refractivity contribution < 1.29 is 19.1 Å². The molecule has 1 heterocycles. The number of benzene rings is 2. The van der Waals surface area contributed by atoms with Gasteiger partial charge in [-0.15, -0.1) is 0 Å². The van der Waals surface area contributed by atoms with Crippen molar-refractivity contribution in [3.8, 4) is 0 Å². The van der Waals surface area contributed by atoms with E-state index in [1.54, 1.807) is 42.5 Å². The summed E-state index contributed by atoms with van der Waals surface area (Å²) in [6.45, 7) is 1.87. The fourth-order valence-corrected chi connectivity index (χ4v) is 2.78. The van der Waals surface area contributed by atoms with Gasteiger partial charge in [-0.3, -0.25) is 9.59 Å². The zero-order valence-corrected chi connectivity index (χ0v) is 14.8. The van der Waals surface area contributed by atoms with Crippen molar-refractivity contribution in [2.75, 3.05) is 17.3 Å². The standard InChI is InChI=1S/C19H15ClN2O4/c1-11-4-3-5-14(10-11)22-17(23)15(20)16(18(22)24)21-13-8-6-12(7-9-13)19(25)26-2/h3-10,21H,1-2H3. The van der Waals surface area contributed by atoms with Gasteiger partial charge < -0.3 is 10.1 Å². The molecule has 0 bridgehead atoms. The van der Waals surface area contributed by atoms with Crippen LogP contribution in [-0.2, 0) is 14.3 Å². The lowest BCUT2D eigenvalue weighted by atomic mass is 10.2. The Hall–Kier alpha value is -3.12. The highest BCUT2D eigenvalue weighted by atomic mass is 35.5. The number of hydrogen-bond donors (Lipinski definition) is 1. The molecule has 3 rings (SSSR count). The Morgan fingerprint density at radius 3 is 2.38 bits per heavy atom. The number of nitrogens with one attached hydrogen (secondary N) is 1. The molecule has 132 valence electrons. The molecule has 0 atom stereocenters. The molecule has 0 aromatic heterocycles. The largest absolute Gasteiger partial charge is 0.465 e. The number of halogens is 1. The first-order valence-electron chi connectivity index (χ1n) is 7.73. The number of ether oxygens (including phenoxy) is 1. The van der Waals surface area contributed by atoms with Crippen LogP contribution < -0.4 is 10.2 Å². The first-order valence-corrected chi connectivity index (χ1v) is 8.11. The smallest absolute Gasteiger partial charge is 0.337 e. The van der Waals surface area contributed by atoms with Crippen LogP contribution >= 0.6 is 11.6 Å². The van der Waals surface area contributed by atoms with E-state index in [2.05, 4.69) is 10.1 Å². The van der Waals surface area contributed by atoms with Crippen LogP contribution in [0.2, 0.25) is 0 Å². The minimum atomic E-state index is -0.587. The predicted molar refractivity (Wildman–Crippen MR) is 98.0 cm³/mol. The summed E-state index contributed by atoms with van der Waals surface area (Å²) in [5.74, 6) is -1.59. The van der Waals surface area contributed by atoms with Gasteiger partial charge in [0.2, 0.25) is 0 Å². The topological polar surface area (TPSA) is 75.7 Å². The van der Waals surface area contributed by atoms with E-state index in [1.807, 2.05) is 13.0 Å². The van der Waals surface area contributed by atoms with Gasteiger partial charge in [-0.05, 0) is 48.9 Å². The average Bonchev–Trinajstić information content (AvgIpc) is 2.85. The Balaban J connectivity index is 1.85. The number of carbonyl (C=O) groups is 3. The van der Waals surface area contributed by atoms with Gasteiger partial charge in [0.25, 0.3) is 11.8 Å². The minimum Gasteiger partial charge on any atom is -0.465 e. The van der Waals surface area contributed by atoms with E-state index in [-0.39, 0.29) is 10.7 Å². The molecule has 0 aliphatic carbocycles. The highest BCUT2D eigenvalue weighted by Gasteiger charge is 2.38. The number of carbonyl (C=O) groups excluding carboxylic acids is 3. The zero-order valence-electron chi connectivity index (χ0n) is 14.1. The van der Waals surface area contributed by atoms with Gasteiger partial charge >= 0.3 is 5.97 Å². The molecular weight excluding hydrogens is 356 g/mol. The summed E-state index contributed by atoms with van der Waals surface area (Å²) in [5.41, 5.74) is 2.24. The van der Waals surface area contributed by atoms with Gasteiger partial charge in [-0.2, -0.15) is 0 Å². The quantitative estimate of drug-likeness (QED) is 0.660. The number of rotatable bonds is 4. The third-order valence-corrected chi connectivity index (χ3v) is 4.21. The van der Waals surface area contributed by atoms with Gasteiger partial charge in [-0.25, -0.2) is 9.69 Å². The molecule has 1 aliphatic heterocycles. The lowest BCUT2D eigenvalue weighted by molar-refractivity contribution is -0.120. The molecule has 0 unspecified atom stereocenters. The van der Waals surface area contributed by atoms with Gasteiger partial charge in [0, 0.05) is 5.69 Å². The van der Waals surface area contributed by atoms with Crippen LogP contribution in [0.15, 0.2) is 59.3 Å². The summed E-state index contributed by atoms with van der Waals surface area (Å²) in [7, 11) is 1.29. The maximum atomic E-state index is 12.7. The van der Waals surface area contributed by atoms with Crippen LogP contribution in [0.1, 0.15) is 15.9 Å². The molecule has 2 amide bonds. The van der Waals surface area contributed by atoms with Crippen molar-refractivity contribution in [3.05, 3.63) is 70.4 Å². The summed E-state index contributed by atoms with van der Waals surface area (Å²) in [4.78, 5) is 37.6. The molecule has 2 aromatic rings. The minimum absolute atomic E-state index is 0.0102. The van der Waals surface area contributed by atoms with Crippen molar-refractivity contribution in [2.45, 2.75) is 6.92 Å². The lowest BCUT2D eigenvalue weighted by Gasteiger charge is -2.15. The van der Waals surface area contributed by atoms with Crippen LogP contribution in [0.5, 0.6) is 0 Å². The Labute approximate surface area is 155 Å². The Morgan fingerprint density at radius 2 is 1.77 bits per heavy atom. The predicted octanol–water partition coefficient (Wildman–Crippen LogP) is 3.22. The molecule has 0 saturated heterocycles. The molecule has 0 spiro atoms. The number of imide groups is 1. The van der Waals surface area contributed by atoms with Gasteiger partial charge in [0.05, 0.1) is 18.4 Å². The lowest BCUT2D eigenvalue weighted by Crippen LogP contribution is -2.32. The number of amides is 2. The second kappa shape index (κ2) is 7.01. The van der Waals surface area contributed by atoms with E-state index in [9.17, 15) is 14.4 Å². The van der Waals surface area contributed by atoms with E-state index in [0.29, 0.717) is 16.9 Å². The molecule has 1 N–H and O–H groups in total. The number of nitrogens with zero attached hydrogens (tertiary/aromatic N) is 1. The summed E-state index contributed by atoms with van der Waals surface area (Å²) in [6.07, 6.45) is 0. The van der Waals surface area contributed by atoms with Gasteiger partial charge in [0.15, 0.2) is 0 Å². The fourth-order valence-electron chi connectivity index (χ4n) is 2.56. The number of aryl methyl sites for hydroxylation is 1. The molecule has 0 saturated carbocycles. The van der Waals surface area contributed by atoms with Crippen LogP contribution in [0.4, 0.5) is 11.4 Å². The monoisotopic (exact) mass is 370 g/mol. The number of hydrogen-bond acceptors (Lipinski definition) is 5. The molecule has 7 heteroatoms. The zero-order chi connectivity index (χ0) is 18.8. The first kappa shape index (κ1) is 17.7. The first-order chi connectivity index (χ1) is 12.4. The SMILES string of the molecule is COC(=O)c1ccc(NC2=C(Cl)C(=O)N(c3cccc(C)c3)C2=O)cc1. The average molecular weight is 371 g/mol. The van der Waals surface area contributed by atoms with E-state index < -0.39 is 17.8 Å². The van der Waals surface area contributed by atoms with Crippen LogP contribution in [0.25, 0.3) is 0 Å².